The standard InChI is InChI=1S/C20H35N3O3.C9H14N2O3.C3H8/c1-12(2)15(16(24)14-9-10-14)21-19(26)22-17(20(4,5)6)18(25)23-11-7-8-13(23)3;10-9(14)8(13)7(11-5-12)4-6-2-1-3-6;1-3-2/h12-15,17H,7-11H2,1-6H3,(H2,21,22,26);5-7H,1-4H2,(H2,10,14)(H,11,12);3H2,1-2H3. The summed E-state index contributed by atoms with van der Waals surface area (Å²) < 4.78 is 0. The van der Waals surface area contributed by atoms with Gasteiger partial charge >= 0.3 is 6.03 Å². The largest absolute Gasteiger partial charge is 0.363 e. The van der Waals surface area contributed by atoms with Crippen molar-refractivity contribution in [3.05, 3.63) is 0 Å². The summed E-state index contributed by atoms with van der Waals surface area (Å²) in [4.78, 5) is 72.0. The van der Waals surface area contributed by atoms with Crippen molar-refractivity contribution in [3.8, 4) is 0 Å². The second-order valence-electron chi connectivity index (χ2n) is 13.6. The zero-order valence-electron chi connectivity index (χ0n) is 27.7. The molecule has 3 aliphatic rings. The molecule has 0 aromatic heterocycles. The van der Waals surface area contributed by atoms with Crippen LogP contribution in [0.15, 0.2) is 0 Å². The van der Waals surface area contributed by atoms with Gasteiger partial charge in [-0.15, -0.1) is 0 Å². The minimum absolute atomic E-state index is 0.0243. The molecule has 2 aliphatic carbocycles. The van der Waals surface area contributed by atoms with Gasteiger partial charge in [0.15, 0.2) is 5.78 Å². The molecule has 0 bridgehead atoms. The van der Waals surface area contributed by atoms with E-state index in [0.29, 0.717) is 18.7 Å². The summed E-state index contributed by atoms with van der Waals surface area (Å²) in [7, 11) is 0. The molecule has 246 valence electrons. The summed E-state index contributed by atoms with van der Waals surface area (Å²) in [5, 5.41) is 8.02. The molecular weight excluding hydrogens is 550 g/mol. The van der Waals surface area contributed by atoms with Crippen LogP contribution in [0, 0.1) is 23.2 Å². The quantitative estimate of drug-likeness (QED) is 0.196. The lowest BCUT2D eigenvalue weighted by Crippen LogP contribution is -2.59. The maximum absolute atomic E-state index is 13.0. The predicted molar refractivity (Wildman–Crippen MR) is 167 cm³/mol. The van der Waals surface area contributed by atoms with E-state index in [-0.39, 0.29) is 29.6 Å². The molecule has 3 fully saturated rings. The molecule has 4 unspecified atom stereocenters. The van der Waals surface area contributed by atoms with Crippen LogP contribution in [-0.4, -0.2) is 71.4 Å². The number of carbonyl (C=O) groups is 6. The Balaban J connectivity index is 0.000000456. The number of likely N-dealkylation sites (tertiary alicyclic amines) is 1. The van der Waals surface area contributed by atoms with E-state index in [1.54, 1.807) is 0 Å². The van der Waals surface area contributed by atoms with Crippen molar-refractivity contribution in [1.82, 2.24) is 20.9 Å². The van der Waals surface area contributed by atoms with E-state index >= 15 is 0 Å². The summed E-state index contributed by atoms with van der Waals surface area (Å²) in [5.41, 5.74) is 4.45. The first-order chi connectivity index (χ1) is 20.1. The van der Waals surface area contributed by atoms with Gasteiger partial charge in [0, 0.05) is 18.5 Å². The number of primary amides is 1. The fourth-order valence-corrected chi connectivity index (χ4v) is 5.14. The summed E-state index contributed by atoms with van der Waals surface area (Å²) in [6.45, 7) is 16.8. The Morgan fingerprint density at radius 1 is 0.953 bits per heavy atom. The summed E-state index contributed by atoms with van der Waals surface area (Å²) in [6.07, 6.45) is 9.32. The van der Waals surface area contributed by atoms with E-state index in [2.05, 4.69) is 29.8 Å². The van der Waals surface area contributed by atoms with Crippen molar-refractivity contribution in [1.29, 1.82) is 0 Å². The number of nitrogens with two attached hydrogens (primary N) is 1. The smallest absolute Gasteiger partial charge is 0.316 e. The molecule has 0 radical (unpaired) electrons. The summed E-state index contributed by atoms with van der Waals surface area (Å²) in [6, 6.07) is -2.07. The first-order valence-corrected chi connectivity index (χ1v) is 16.0. The van der Waals surface area contributed by atoms with Crippen LogP contribution in [0.25, 0.3) is 0 Å². The number of carbonyl (C=O) groups excluding carboxylic acids is 6. The number of urea groups is 1. The van der Waals surface area contributed by atoms with Crippen molar-refractivity contribution in [3.63, 3.8) is 0 Å². The average Bonchev–Trinajstić information content (AvgIpc) is 3.66. The monoisotopic (exact) mass is 607 g/mol. The molecule has 2 saturated carbocycles. The molecule has 5 amide bonds. The molecule has 1 heterocycles. The second-order valence-corrected chi connectivity index (χ2v) is 13.6. The van der Waals surface area contributed by atoms with Crippen molar-refractivity contribution < 1.29 is 28.8 Å². The van der Waals surface area contributed by atoms with E-state index in [1.165, 1.54) is 6.42 Å². The molecular formula is C32H57N5O6. The zero-order chi connectivity index (χ0) is 32.9. The first kappa shape index (κ1) is 38.0. The van der Waals surface area contributed by atoms with Gasteiger partial charge < -0.3 is 26.6 Å². The number of hydrogen-bond donors (Lipinski definition) is 4. The number of nitrogens with one attached hydrogen (secondary N) is 3. The van der Waals surface area contributed by atoms with Crippen molar-refractivity contribution >= 4 is 35.8 Å². The molecule has 11 nitrogen and oxygen atoms in total. The highest BCUT2D eigenvalue weighted by atomic mass is 16.2. The molecule has 43 heavy (non-hydrogen) atoms. The van der Waals surface area contributed by atoms with Crippen LogP contribution in [0.5, 0.6) is 0 Å². The lowest BCUT2D eigenvalue weighted by molar-refractivity contribution is -0.138. The highest BCUT2D eigenvalue weighted by Gasteiger charge is 2.40. The number of hydrogen-bond acceptors (Lipinski definition) is 6. The molecule has 3 rings (SSSR count). The lowest BCUT2D eigenvalue weighted by Gasteiger charge is -2.35. The Hall–Kier alpha value is -2.98. The Labute approximate surface area is 258 Å². The van der Waals surface area contributed by atoms with E-state index in [9.17, 15) is 28.8 Å². The van der Waals surface area contributed by atoms with Gasteiger partial charge in [0.1, 0.15) is 6.04 Å². The third kappa shape index (κ3) is 12.6. The Morgan fingerprint density at radius 2 is 1.53 bits per heavy atom. The topological polar surface area (TPSA) is 168 Å². The predicted octanol–water partition coefficient (Wildman–Crippen LogP) is 3.48. The summed E-state index contributed by atoms with van der Waals surface area (Å²) in [5.74, 6) is -1.05. The molecule has 1 aliphatic heterocycles. The third-order valence-electron chi connectivity index (χ3n) is 8.09. The maximum atomic E-state index is 13.0. The zero-order valence-corrected chi connectivity index (χ0v) is 27.7. The van der Waals surface area contributed by atoms with E-state index in [4.69, 9.17) is 5.73 Å². The van der Waals surface area contributed by atoms with Gasteiger partial charge in [-0.25, -0.2) is 4.79 Å². The number of Topliss-reactive ketones (excluding diaryl/α,β-unsaturated/α-hetero) is 2. The molecule has 4 atom stereocenters. The van der Waals surface area contributed by atoms with E-state index in [1.807, 2.05) is 46.4 Å². The minimum atomic E-state index is -0.983. The van der Waals surface area contributed by atoms with Gasteiger partial charge in [0.2, 0.25) is 18.1 Å². The van der Waals surface area contributed by atoms with Gasteiger partial charge in [-0.1, -0.05) is 74.1 Å². The Bertz CT molecular complexity index is 954. The molecule has 11 heteroatoms. The highest BCUT2D eigenvalue weighted by Crippen LogP contribution is 2.32. The minimum Gasteiger partial charge on any atom is -0.363 e. The molecule has 0 aromatic carbocycles. The van der Waals surface area contributed by atoms with E-state index in [0.717, 1.165) is 51.5 Å². The fraction of sp³-hybridized carbons (Fsp3) is 0.812. The van der Waals surface area contributed by atoms with Crippen LogP contribution in [0.2, 0.25) is 0 Å². The molecule has 5 N–H and O–H groups in total. The van der Waals surface area contributed by atoms with Crippen LogP contribution in [0.4, 0.5) is 4.79 Å². The second kappa shape index (κ2) is 18.0. The van der Waals surface area contributed by atoms with Crippen molar-refractivity contribution in [2.24, 2.45) is 28.9 Å². The number of nitrogens with zero attached hydrogens (tertiary/aromatic N) is 1. The fourth-order valence-electron chi connectivity index (χ4n) is 5.14. The molecule has 1 saturated heterocycles. The average molecular weight is 608 g/mol. The SMILES string of the molecule is CC(C)C(NC(=O)NC(C(=O)N1CCCC1C)C(C)(C)C)C(=O)C1CC1.CCC.NC(=O)C(=O)C(CC1CCC1)NC=O. The third-order valence-corrected chi connectivity index (χ3v) is 8.09. The lowest BCUT2D eigenvalue weighted by atomic mass is 9.80. The van der Waals surface area contributed by atoms with Gasteiger partial charge in [-0.05, 0) is 56.3 Å². The van der Waals surface area contributed by atoms with E-state index < -0.39 is 41.3 Å². The maximum Gasteiger partial charge on any atom is 0.316 e. The summed E-state index contributed by atoms with van der Waals surface area (Å²) >= 11 is 0. The van der Waals surface area contributed by atoms with Gasteiger partial charge in [0.25, 0.3) is 5.91 Å². The van der Waals surface area contributed by atoms with Crippen molar-refractivity contribution in [2.75, 3.05) is 6.54 Å². The van der Waals surface area contributed by atoms with Crippen LogP contribution in [-0.2, 0) is 24.0 Å². The Kier molecular flexibility index (Phi) is 15.9. The molecule has 0 spiro atoms. The normalized spacial score (nSPS) is 20.1. The molecule has 0 aromatic rings. The van der Waals surface area contributed by atoms with Crippen LogP contribution < -0.4 is 21.7 Å². The first-order valence-electron chi connectivity index (χ1n) is 16.0. The van der Waals surface area contributed by atoms with Gasteiger partial charge in [0.05, 0.1) is 12.1 Å². The van der Waals surface area contributed by atoms with Gasteiger partial charge in [-0.3, -0.25) is 24.0 Å². The number of rotatable bonds is 12. The van der Waals surface area contributed by atoms with Crippen LogP contribution in [0.3, 0.4) is 0 Å². The van der Waals surface area contributed by atoms with Gasteiger partial charge in [-0.2, -0.15) is 0 Å². The Morgan fingerprint density at radius 3 is 1.91 bits per heavy atom. The number of amides is 5. The van der Waals surface area contributed by atoms with Crippen LogP contribution >= 0.6 is 0 Å². The van der Waals surface area contributed by atoms with Crippen molar-refractivity contribution in [2.45, 2.75) is 137 Å². The number of ketones is 2. The highest BCUT2D eigenvalue weighted by molar-refractivity contribution is 6.37. The van der Waals surface area contributed by atoms with Crippen LogP contribution in [0.1, 0.15) is 113 Å².